The average Bonchev–Trinajstić information content (AvgIpc) is 1.35. The molecule has 8 heteroatoms. The normalized spacial score (nSPS) is 8.75. The van der Waals surface area contributed by atoms with Crippen molar-refractivity contribution >= 4 is 0 Å². The Balaban J connectivity index is -0.000000125. The Bertz CT molecular complexity index is 112. The first-order chi connectivity index (χ1) is 2.56. The molecule has 0 heterocycles. The van der Waals surface area contributed by atoms with E-state index in [1.165, 1.54) is 0 Å². The number of quaternary nitrogens is 2. The van der Waals surface area contributed by atoms with Gasteiger partial charge in [-0.05, 0) is 0 Å². The monoisotopic (exact) mass is 214 g/mol. The van der Waals surface area contributed by atoms with Gasteiger partial charge in [-0.3, -0.25) is 0 Å². The first-order valence-electron chi connectivity index (χ1n) is 0.833. The molecule has 8 heavy (non-hydrogen) atoms. The maximum atomic E-state index is 9.02. The molecule has 0 aliphatic heterocycles. The van der Waals surface area contributed by atoms with E-state index >= 15 is 0 Å². The first kappa shape index (κ1) is 15.7. The van der Waals surface area contributed by atoms with Crippen molar-refractivity contribution in [2.24, 2.45) is 0 Å². The minimum atomic E-state index is -5.87. The average molecular weight is 212 g/mol. The van der Waals surface area contributed by atoms with E-state index in [0.717, 1.165) is 0 Å². The van der Waals surface area contributed by atoms with Gasteiger partial charge in [0.2, 0.25) is 0 Å². The second-order valence-electron chi connectivity index (χ2n) is 0.476. The van der Waals surface area contributed by atoms with E-state index < -0.39 is 16.7 Å². The van der Waals surface area contributed by atoms with Crippen LogP contribution in [-0.4, -0.2) is 0 Å². The van der Waals surface area contributed by atoms with E-state index in [2.05, 4.69) is 3.54 Å². The fraction of sp³-hybridized carbons (Fsp3) is 0. The Kier molecular flexibility index (Phi) is 10.3. The van der Waals surface area contributed by atoms with E-state index in [-0.39, 0.29) is 12.3 Å². The van der Waals surface area contributed by atoms with Gasteiger partial charge in [-0.25, -0.2) is 0 Å². The molecule has 0 aromatic rings. The van der Waals surface area contributed by atoms with Crippen LogP contribution in [0.2, 0.25) is 0 Å². The molecule has 0 aliphatic carbocycles. The van der Waals surface area contributed by atoms with Crippen molar-refractivity contribution in [2.75, 3.05) is 0 Å². The summed E-state index contributed by atoms with van der Waals surface area (Å²) in [6, 6.07) is 0. The van der Waals surface area contributed by atoms with Crippen LogP contribution in [0.3, 0.4) is 0 Å². The van der Waals surface area contributed by atoms with Gasteiger partial charge in [0.15, 0.2) is 0 Å². The van der Waals surface area contributed by atoms with Crippen LogP contribution in [-0.2, 0) is 27.1 Å². The molecule has 8 N–H and O–H groups in total. The Hall–Kier alpha value is 0.0883. The molecule has 0 unspecified atom stereocenters. The maximum absolute atomic E-state index is 9.02. The molecule has 0 amide bonds. The summed E-state index contributed by atoms with van der Waals surface area (Å²) in [5.41, 5.74) is 0. The third kappa shape index (κ3) is 16.5. The summed E-state index contributed by atoms with van der Waals surface area (Å²) in [7, 11) is 0. The summed E-state index contributed by atoms with van der Waals surface area (Å²) in [4.78, 5) is 0. The molecular formula is H8MoN2O5. The Morgan fingerprint density at radius 3 is 1.38 bits per heavy atom. The molecule has 7 nitrogen and oxygen atoms in total. The van der Waals surface area contributed by atoms with Crippen LogP contribution in [0.4, 0.5) is 0 Å². The van der Waals surface area contributed by atoms with Crippen LogP contribution in [0, 0.1) is 0 Å². The quantitative estimate of drug-likeness (QED) is 0.293. The van der Waals surface area contributed by atoms with Crippen molar-refractivity contribution in [2.45, 2.75) is 0 Å². The molecule has 0 fully saturated rings. The van der Waals surface area contributed by atoms with Gasteiger partial charge < -0.3 is 12.3 Å². The van der Waals surface area contributed by atoms with Gasteiger partial charge in [0.1, 0.15) is 0 Å². The minimum absolute atomic E-state index is 0. The molecular weight excluding hydrogens is 204 g/mol. The summed E-state index contributed by atoms with van der Waals surface area (Å²) in [6.45, 7) is 0. The molecule has 54 valence electrons. The van der Waals surface area contributed by atoms with Crippen LogP contribution >= 0.6 is 0 Å². The van der Waals surface area contributed by atoms with Gasteiger partial charge in [-0.2, -0.15) is 0 Å². The molecule has 0 aromatic carbocycles. The summed E-state index contributed by atoms with van der Waals surface area (Å²) in [6.07, 6.45) is 0. The molecule has 0 saturated carbocycles. The number of hydrogen-bond acceptors (Lipinski definition) is 5. The van der Waals surface area contributed by atoms with Gasteiger partial charge in [-0.1, -0.05) is 0 Å². The molecule has 0 saturated heterocycles. The zero-order valence-electron chi connectivity index (χ0n) is 4.45. The van der Waals surface area contributed by atoms with Crippen LogP contribution in [0.25, 0.3) is 0 Å². The van der Waals surface area contributed by atoms with Crippen molar-refractivity contribution < 1.29 is 36.1 Å². The van der Waals surface area contributed by atoms with E-state index in [1.54, 1.807) is 0 Å². The third-order valence-electron chi connectivity index (χ3n) is 0.0833. The number of hydrogen-bond donors (Lipinski definition) is 2. The predicted molar refractivity (Wildman–Crippen MR) is 14.4 cm³/mol. The zero-order valence-corrected chi connectivity index (χ0v) is 6.46. The van der Waals surface area contributed by atoms with Crippen molar-refractivity contribution in [1.29, 1.82) is 0 Å². The Morgan fingerprint density at radius 1 is 1.25 bits per heavy atom. The molecule has 0 bridgehead atoms. The molecule has 0 aliphatic rings. The van der Waals surface area contributed by atoms with Gasteiger partial charge in [-0.15, -0.1) is 0 Å². The van der Waals surface area contributed by atoms with Crippen LogP contribution in [0.5, 0.6) is 0 Å². The van der Waals surface area contributed by atoms with Crippen LogP contribution < -0.4 is 21.3 Å². The van der Waals surface area contributed by atoms with Gasteiger partial charge in [0.05, 0.1) is 0 Å². The van der Waals surface area contributed by atoms with E-state index in [4.69, 9.17) is 15.8 Å². The topological polar surface area (TPSA) is 162 Å². The molecule has 0 aromatic heterocycles. The number of rotatable bonds is 1. The first-order valence-corrected chi connectivity index (χ1v) is 4.11. The predicted octanol–water partition coefficient (Wildman–Crippen LogP) is -1.93. The summed E-state index contributed by atoms with van der Waals surface area (Å²) in [5.74, 6) is 0. The fourth-order valence-electron chi connectivity index (χ4n) is 0. The molecule has 0 atom stereocenters. The van der Waals surface area contributed by atoms with Crippen molar-refractivity contribution in [3.63, 3.8) is 0 Å². The third-order valence-corrected chi connectivity index (χ3v) is 0.493. The van der Waals surface area contributed by atoms with Crippen LogP contribution in [0.1, 0.15) is 0 Å². The zero-order chi connectivity index (χ0) is 5.21. The van der Waals surface area contributed by atoms with Gasteiger partial charge >= 0.3 is 36.1 Å². The van der Waals surface area contributed by atoms with Crippen molar-refractivity contribution in [3.05, 3.63) is 0 Å². The van der Waals surface area contributed by atoms with Gasteiger partial charge in [0, 0.05) is 0 Å². The Labute approximate surface area is 49.1 Å². The molecule has 0 rings (SSSR count). The van der Waals surface area contributed by atoms with Gasteiger partial charge in [0.25, 0.3) is 0 Å². The van der Waals surface area contributed by atoms with E-state index in [0.29, 0.717) is 0 Å². The summed E-state index contributed by atoms with van der Waals surface area (Å²) < 4.78 is 29.3. The van der Waals surface area contributed by atoms with Crippen molar-refractivity contribution in [1.82, 2.24) is 12.3 Å². The van der Waals surface area contributed by atoms with Crippen LogP contribution in [0.15, 0.2) is 0 Å². The standard InChI is InChI=1S/Mo.2H3N.O2.3O/c;;;1-2;;;/h;2*1H3;;;;/q+1;;;-2;;;-1/p+2. The Morgan fingerprint density at radius 2 is 1.38 bits per heavy atom. The SMILES string of the molecule is [NH4+].[NH4+].[O]=[Mo](=[O])([O-])[O][O-]. The fourth-order valence-corrected chi connectivity index (χ4v) is 0. The van der Waals surface area contributed by atoms with Crippen molar-refractivity contribution in [3.8, 4) is 0 Å². The molecule has 0 radical (unpaired) electrons. The summed E-state index contributed by atoms with van der Waals surface area (Å²) in [5, 5.41) is 8.60. The summed E-state index contributed by atoms with van der Waals surface area (Å²) >= 11 is -5.87. The van der Waals surface area contributed by atoms with E-state index in [1.807, 2.05) is 0 Å². The van der Waals surface area contributed by atoms with E-state index in [9.17, 15) is 0 Å². The second-order valence-corrected chi connectivity index (χ2v) is 2.82. The second kappa shape index (κ2) is 5.23. The molecule has 0 spiro atoms.